The predicted octanol–water partition coefficient (Wildman–Crippen LogP) is 4.35. The maximum atomic E-state index is 13.4. The summed E-state index contributed by atoms with van der Waals surface area (Å²) >= 11 is 0. The third-order valence-electron chi connectivity index (χ3n) is 7.31. The fourth-order valence-corrected chi connectivity index (χ4v) is 4.95. The first-order chi connectivity index (χ1) is 19.8. The van der Waals surface area contributed by atoms with E-state index in [1.807, 2.05) is 30.3 Å². The maximum absolute atomic E-state index is 13.4. The van der Waals surface area contributed by atoms with E-state index >= 15 is 0 Å². The molecule has 0 saturated carbocycles. The fourth-order valence-electron chi connectivity index (χ4n) is 4.95. The molecule has 2 atom stereocenters. The molecule has 3 amide bonds. The molecule has 1 aliphatic rings. The minimum Gasteiger partial charge on any atom is -0.493 e. The number of nitrogens with zero attached hydrogens (tertiary/aromatic N) is 1. The summed E-state index contributed by atoms with van der Waals surface area (Å²) in [4.78, 5) is 53.2. The molecule has 0 aromatic heterocycles. The zero-order valence-electron chi connectivity index (χ0n) is 24.0. The number of ether oxygens (including phenoxy) is 1. The molecule has 0 spiro atoms. The molecular formula is C32H43N3O6. The Kier molecular flexibility index (Phi) is 13.2. The lowest BCUT2D eigenvalue weighted by molar-refractivity contribution is -0.141. The van der Waals surface area contributed by atoms with Crippen LogP contribution in [0.25, 0.3) is 0 Å². The van der Waals surface area contributed by atoms with Crippen LogP contribution in [0, 0.1) is 0 Å². The van der Waals surface area contributed by atoms with E-state index in [2.05, 4.69) is 10.6 Å². The molecule has 1 aliphatic heterocycles. The lowest BCUT2D eigenvalue weighted by Crippen LogP contribution is -2.51. The van der Waals surface area contributed by atoms with Gasteiger partial charge in [0, 0.05) is 20.0 Å². The Morgan fingerprint density at radius 3 is 2.15 bits per heavy atom. The highest BCUT2D eigenvalue weighted by molar-refractivity contribution is 6.00. The van der Waals surface area contributed by atoms with Gasteiger partial charge in [-0.1, -0.05) is 87.4 Å². The summed E-state index contributed by atoms with van der Waals surface area (Å²) in [6.07, 6.45) is 9.27. The lowest BCUT2D eigenvalue weighted by Gasteiger charge is -2.25. The number of carboxylic acid groups (broad SMARTS) is 1. The standard InChI is InChI=1S/C32H43N3O6/c1-35-20-14-7-5-3-2-4-6-8-15-21-41-28-19-13-12-18-25(28)30(37)34-27(32(39)40)23-29(36)33-26(31(35)38)22-24-16-10-9-11-17-24/h9-13,16-19,26-27H,2-8,14-15,20-23H2,1H3,(H,33,36)(H,34,37)(H,39,40)/t26-,27-/m0/s1. The Hall–Kier alpha value is -3.88. The molecule has 9 heteroatoms. The van der Waals surface area contributed by atoms with Crippen LogP contribution in [0.1, 0.15) is 80.1 Å². The highest BCUT2D eigenvalue weighted by atomic mass is 16.5. The number of carboxylic acids is 1. The molecule has 0 bridgehead atoms. The molecular weight excluding hydrogens is 522 g/mol. The Bertz CT molecular complexity index is 1140. The van der Waals surface area contributed by atoms with E-state index in [0.29, 0.717) is 18.9 Å². The Morgan fingerprint density at radius 2 is 1.46 bits per heavy atom. The molecule has 222 valence electrons. The summed E-state index contributed by atoms with van der Waals surface area (Å²) in [6.45, 7) is 1.03. The van der Waals surface area contributed by atoms with E-state index in [1.54, 1.807) is 36.2 Å². The average Bonchev–Trinajstić information content (AvgIpc) is 2.96. The average molecular weight is 566 g/mol. The van der Waals surface area contributed by atoms with Crippen LogP contribution in [0.2, 0.25) is 0 Å². The first-order valence-electron chi connectivity index (χ1n) is 14.7. The van der Waals surface area contributed by atoms with Crippen molar-refractivity contribution >= 4 is 23.7 Å². The van der Waals surface area contributed by atoms with Crippen LogP contribution in [-0.2, 0) is 20.8 Å². The van der Waals surface area contributed by atoms with Crippen molar-refractivity contribution in [1.29, 1.82) is 0 Å². The minimum atomic E-state index is -1.48. The molecule has 0 radical (unpaired) electrons. The van der Waals surface area contributed by atoms with Crippen molar-refractivity contribution in [1.82, 2.24) is 15.5 Å². The van der Waals surface area contributed by atoms with Gasteiger partial charge in [0.15, 0.2) is 0 Å². The number of nitrogens with one attached hydrogen (secondary N) is 2. The normalized spacial score (nSPS) is 21.1. The fraction of sp³-hybridized carbons (Fsp3) is 0.500. The highest BCUT2D eigenvalue weighted by Gasteiger charge is 2.29. The second-order valence-electron chi connectivity index (χ2n) is 10.7. The molecule has 0 aliphatic carbocycles. The van der Waals surface area contributed by atoms with E-state index in [-0.39, 0.29) is 17.9 Å². The van der Waals surface area contributed by atoms with Crippen molar-refractivity contribution in [3.05, 3.63) is 65.7 Å². The Balaban J connectivity index is 1.77. The van der Waals surface area contributed by atoms with Gasteiger partial charge < -0.3 is 25.4 Å². The number of carbonyl (C=O) groups excluding carboxylic acids is 3. The van der Waals surface area contributed by atoms with Crippen LogP contribution < -0.4 is 15.4 Å². The number of aliphatic carboxylic acids is 1. The number of fused-ring (bicyclic) bond motifs is 1. The summed E-state index contributed by atoms with van der Waals surface area (Å²) in [5, 5.41) is 15.0. The summed E-state index contributed by atoms with van der Waals surface area (Å²) < 4.78 is 5.86. The molecule has 0 saturated heterocycles. The van der Waals surface area contributed by atoms with Crippen molar-refractivity contribution in [3.8, 4) is 5.75 Å². The largest absolute Gasteiger partial charge is 0.493 e. The molecule has 1 heterocycles. The maximum Gasteiger partial charge on any atom is 0.326 e. The minimum absolute atomic E-state index is 0.205. The van der Waals surface area contributed by atoms with Gasteiger partial charge in [0.25, 0.3) is 5.91 Å². The van der Waals surface area contributed by atoms with Crippen LogP contribution in [0.4, 0.5) is 0 Å². The van der Waals surface area contributed by atoms with Gasteiger partial charge in [-0.05, 0) is 30.5 Å². The highest BCUT2D eigenvalue weighted by Crippen LogP contribution is 2.19. The summed E-state index contributed by atoms with van der Waals surface area (Å²) in [5.41, 5.74) is 1.08. The first kappa shape index (κ1) is 31.6. The van der Waals surface area contributed by atoms with Gasteiger partial charge in [-0.15, -0.1) is 0 Å². The predicted molar refractivity (Wildman–Crippen MR) is 157 cm³/mol. The van der Waals surface area contributed by atoms with E-state index in [9.17, 15) is 24.3 Å². The Morgan fingerprint density at radius 1 is 0.854 bits per heavy atom. The van der Waals surface area contributed by atoms with Crippen LogP contribution in [0.3, 0.4) is 0 Å². The van der Waals surface area contributed by atoms with Gasteiger partial charge >= 0.3 is 5.97 Å². The van der Waals surface area contributed by atoms with Gasteiger partial charge in [-0.25, -0.2) is 4.79 Å². The van der Waals surface area contributed by atoms with Crippen molar-refractivity contribution in [3.63, 3.8) is 0 Å². The molecule has 2 aromatic carbocycles. The third kappa shape index (κ3) is 10.9. The zero-order valence-corrected chi connectivity index (χ0v) is 24.0. The third-order valence-corrected chi connectivity index (χ3v) is 7.31. The van der Waals surface area contributed by atoms with Crippen molar-refractivity contribution in [2.45, 2.75) is 82.7 Å². The number of hydrogen-bond acceptors (Lipinski definition) is 5. The second kappa shape index (κ2) is 17.0. The summed E-state index contributed by atoms with van der Waals surface area (Å²) in [6, 6.07) is 13.7. The van der Waals surface area contributed by atoms with Crippen LogP contribution >= 0.6 is 0 Å². The van der Waals surface area contributed by atoms with E-state index in [1.165, 1.54) is 6.42 Å². The van der Waals surface area contributed by atoms with Crippen molar-refractivity contribution in [2.75, 3.05) is 20.2 Å². The SMILES string of the molecule is CN1CCCCCCCCCCCOc2ccccc2C(=O)N[C@H](C(=O)O)CC(=O)N[C@@H](Cc2ccccc2)C1=O. The zero-order chi connectivity index (χ0) is 29.5. The van der Waals surface area contributed by atoms with E-state index in [0.717, 1.165) is 56.9 Å². The topological polar surface area (TPSA) is 125 Å². The van der Waals surface area contributed by atoms with Gasteiger partial charge in [0.2, 0.25) is 11.8 Å². The van der Waals surface area contributed by atoms with Gasteiger partial charge in [0.05, 0.1) is 18.6 Å². The van der Waals surface area contributed by atoms with Gasteiger partial charge in [-0.2, -0.15) is 0 Å². The number of hydrogen-bond donors (Lipinski definition) is 3. The quantitative estimate of drug-likeness (QED) is 0.508. The molecule has 41 heavy (non-hydrogen) atoms. The monoisotopic (exact) mass is 565 g/mol. The number of rotatable bonds is 3. The Labute approximate surface area is 242 Å². The number of amides is 3. The van der Waals surface area contributed by atoms with Gasteiger partial charge in [0.1, 0.15) is 17.8 Å². The van der Waals surface area contributed by atoms with Crippen LogP contribution in [-0.4, -0.2) is 66.0 Å². The second-order valence-corrected chi connectivity index (χ2v) is 10.7. The molecule has 3 rings (SSSR count). The number of benzene rings is 2. The van der Waals surface area contributed by atoms with Crippen molar-refractivity contribution in [2.24, 2.45) is 0 Å². The van der Waals surface area contributed by atoms with E-state index in [4.69, 9.17) is 4.74 Å². The number of para-hydroxylation sites is 1. The lowest BCUT2D eigenvalue weighted by atomic mass is 10.0. The van der Waals surface area contributed by atoms with Crippen LogP contribution in [0.5, 0.6) is 5.75 Å². The molecule has 2 aromatic rings. The molecule has 9 nitrogen and oxygen atoms in total. The molecule has 3 N–H and O–H groups in total. The van der Waals surface area contributed by atoms with E-state index < -0.39 is 36.3 Å². The first-order valence-corrected chi connectivity index (χ1v) is 14.7. The van der Waals surface area contributed by atoms with Gasteiger partial charge in [-0.3, -0.25) is 14.4 Å². The number of carbonyl (C=O) groups is 4. The summed E-state index contributed by atoms with van der Waals surface area (Å²) in [7, 11) is 1.73. The molecule has 0 fully saturated rings. The smallest absolute Gasteiger partial charge is 0.326 e. The van der Waals surface area contributed by atoms with Crippen molar-refractivity contribution < 1.29 is 29.0 Å². The molecule has 0 unspecified atom stereocenters. The van der Waals surface area contributed by atoms with Crippen LogP contribution in [0.15, 0.2) is 54.6 Å². The number of likely N-dealkylation sites (N-methyl/N-ethyl adjacent to an activating group) is 1. The summed E-state index contributed by atoms with van der Waals surface area (Å²) in [5.74, 6) is -2.49.